The number of aliphatic hydroxyl groups is 2. The average molecular weight is 914 g/mol. The zero-order valence-electron chi connectivity index (χ0n) is 40.2. The van der Waals surface area contributed by atoms with Crippen LogP contribution < -0.4 is 5.32 Å². The maximum absolute atomic E-state index is 14.4. The highest BCUT2D eigenvalue weighted by atomic mass is 16.7. The molecule has 6 aliphatic heterocycles. The van der Waals surface area contributed by atoms with Gasteiger partial charge in [-0.3, -0.25) is 9.59 Å². The summed E-state index contributed by atoms with van der Waals surface area (Å²) < 4.78 is 64.4. The Morgan fingerprint density at radius 1 is 0.938 bits per heavy atom. The van der Waals surface area contributed by atoms with Crippen LogP contribution >= 0.6 is 0 Å². The molecule has 7 aliphatic rings. The minimum atomic E-state index is -1.84. The summed E-state index contributed by atoms with van der Waals surface area (Å²) in [6.07, 6.45) is 9.46. The van der Waals surface area contributed by atoms with E-state index in [1.165, 1.54) is 6.92 Å². The molecule has 20 atom stereocenters. The number of carbonyl (C=O) groups is 2. The summed E-state index contributed by atoms with van der Waals surface area (Å²) in [7, 11) is 3.27. The second-order valence-electron chi connectivity index (χ2n) is 19.7. The molecule has 1 spiro atoms. The van der Waals surface area contributed by atoms with Crippen molar-refractivity contribution >= 4 is 11.9 Å². The smallest absolute Gasteiger partial charge is 0.316 e. The van der Waals surface area contributed by atoms with Crippen molar-refractivity contribution in [3.63, 3.8) is 0 Å². The average Bonchev–Trinajstić information content (AvgIpc) is 3.61. The highest BCUT2D eigenvalue weighted by molar-refractivity contribution is 5.78. The van der Waals surface area contributed by atoms with Gasteiger partial charge in [0.15, 0.2) is 18.4 Å². The van der Waals surface area contributed by atoms with Crippen LogP contribution in [0.5, 0.6) is 0 Å². The first kappa shape index (κ1) is 50.1. The molecule has 1 aliphatic carbocycles. The van der Waals surface area contributed by atoms with Crippen LogP contribution in [0.25, 0.3) is 0 Å². The number of rotatable bonds is 9. The number of hydrogen-bond acceptors (Lipinski definition) is 14. The minimum Gasteiger partial charge on any atom is -0.462 e. The van der Waals surface area contributed by atoms with Crippen LogP contribution in [0.1, 0.15) is 101 Å². The summed E-state index contributed by atoms with van der Waals surface area (Å²) in [5, 5.41) is 26.7. The molecule has 2 bridgehead atoms. The van der Waals surface area contributed by atoms with Gasteiger partial charge < -0.3 is 62.9 Å². The fraction of sp³-hybridized carbons (Fsp3) is 0.760. The molecular formula is C50H75NO14. The number of esters is 1. The lowest BCUT2D eigenvalue weighted by Crippen LogP contribution is -2.58. The Hall–Kier alpha value is -2.80. The number of carbonyl (C=O) groups excluding carboxylic acids is 2. The number of allylic oxidation sites excluding steroid dienone is 2. The molecule has 4 saturated heterocycles. The monoisotopic (exact) mass is 914 g/mol. The third-order valence-electron chi connectivity index (χ3n) is 14.9. The third kappa shape index (κ3) is 10.6. The number of ether oxygens (including phenoxy) is 10. The molecule has 0 aromatic rings. The fourth-order valence-corrected chi connectivity index (χ4v) is 11.0. The van der Waals surface area contributed by atoms with Gasteiger partial charge in [0.2, 0.25) is 5.91 Å². The van der Waals surface area contributed by atoms with Gasteiger partial charge in [0.05, 0.1) is 55.4 Å². The van der Waals surface area contributed by atoms with E-state index in [-0.39, 0.29) is 61.0 Å². The van der Waals surface area contributed by atoms with Crippen molar-refractivity contribution < 1.29 is 67.2 Å². The van der Waals surface area contributed by atoms with Gasteiger partial charge in [-0.15, -0.1) is 0 Å². The predicted octanol–water partition coefficient (Wildman–Crippen LogP) is 5.52. The maximum Gasteiger partial charge on any atom is 0.316 e. The van der Waals surface area contributed by atoms with Crippen LogP contribution in [-0.4, -0.2) is 140 Å². The predicted molar refractivity (Wildman–Crippen MR) is 239 cm³/mol. The standard InChI is InChI=1S/C50H75NO14/c1-12-26(2)45-29(5)18-19-49(65-45)24-36-21-35(64-49)17-16-28(4)44(27(3)14-13-15-34-25-58-47-43(53)30(6)20-37(48(54)61-36)50(34,47)55)62-41-23-39(57-11)46(32(8)60-41)63-40-22-38(56-10)42(31(7)59-40)51-33(9)52/h13-16,18-20,26-27,29,31-32,35-47,53,55H,12,17,21-25H2,1-11H3,(H,51,52)/b14-13+,28-16+,34-15+/t26-,27-,29-,31-,32-,35+,36+,37-,38-,39-,40-,41-,42-,43+,44-,45+,46-,47+,49+,50+/m0/s1. The fourth-order valence-electron chi connectivity index (χ4n) is 11.0. The topological polar surface area (TPSA) is 179 Å². The number of aliphatic hydroxyl groups excluding tert-OH is 1. The van der Waals surface area contributed by atoms with Crippen molar-refractivity contribution in [3.8, 4) is 0 Å². The van der Waals surface area contributed by atoms with E-state index < -0.39 is 84.7 Å². The molecular weight excluding hydrogens is 839 g/mol. The molecule has 0 aromatic heterocycles. The van der Waals surface area contributed by atoms with Gasteiger partial charge in [0.1, 0.15) is 35.9 Å². The van der Waals surface area contributed by atoms with Crippen LogP contribution in [0, 0.1) is 23.7 Å². The molecule has 6 heterocycles. The molecule has 364 valence electrons. The van der Waals surface area contributed by atoms with Gasteiger partial charge in [-0.05, 0) is 62.8 Å². The molecule has 4 fully saturated rings. The Kier molecular flexibility index (Phi) is 16.0. The van der Waals surface area contributed by atoms with Gasteiger partial charge in [0, 0.05) is 58.7 Å². The number of methoxy groups -OCH3 is 2. The van der Waals surface area contributed by atoms with E-state index in [0.717, 1.165) is 12.0 Å². The molecule has 0 saturated carbocycles. The van der Waals surface area contributed by atoms with Crippen molar-refractivity contribution in [1.82, 2.24) is 5.32 Å². The van der Waals surface area contributed by atoms with Gasteiger partial charge in [0.25, 0.3) is 0 Å². The van der Waals surface area contributed by atoms with Gasteiger partial charge in [-0.2, -0.15) is 0 Å². The summed E-state index contributed by atoms with van der Waals surface area (Å²) in [6.45, 7) is 17.7. The van der Waals surface area contributed by atoms with Gasteiger partial charge in [-0.1, -0.05) is 70.6 Å². The molecule has 15 heteroatoms. The number of fused-ring (bicyclic) bond motifs is 2. The quantitative estimate of drug-likeness (QED) is 0.195. The van der Waals surface area contributed by atoms with Crippen molar-refractivity contribution in [2.24, 2.45) is 23.7 Å². The van der Waals surface area contributed by atoms with E-state index >= 15 is 0 Å². The Morgan fingerprint density at radius 3 is 2.35 bits per heavy atom. The largest absolute Gasteiger partial charge is 0.462 e. The Balaban J connectivity index is 1.16. The lowest BCUT2D eigenvalue weighted by molar-refractivity contribution is -0.311. The first-order valence-electron chi connectivity index (χ1n) is 23.8. The zero-order valence-corrected chi connectivity index (χ0v) is 40.2. The van der Waals surface area contributed by atoms with Crippen LogP contribution in [-0.2, 0) is 57.0 Å². The lowest BCUT2D eigenvalue weighted by atomic mass is 9.71. The van der Waals surface area contributed by atoms with Crippen LogP contribution in [0.2, 0.25) is 0 Å². The normalized spacial score (nSPS) is 47.3. The van der Waals surface area contributed by atoms with E-state index in [1.54, 1.807) is 33.3 Å². The number of hydrogen-bond donors (Lipinski definition) is 3. The van der Waals surface area contributed by atoms with Crippen molar-refractivity contribution in [1.29, 1.82) is 0 Å². The van der Waals surface area contributed by atoms with E-state index in [4.69, 9.17) is 47.4 Å². The van der Waals surface area contributed by atoms with Crippen LogP contribution in [0.15, 0.2) is 59.3 Å². The second-order valence-corrected chi connectivity index (χ2v) is 19.7. The summed E-state index contributed by atoms with van der Waals surface area (Å²) in [6, 6.07) is -0.315. The maximum atomic E-state index is 14.4. The molecule has 0 aromatic carbocycles. The molecule has 0 unspecified atom stereocenters. The molecule has 65 heavy (non-hydrogen) atoms. The first-order valence-corrected chi connectivity index (χ1v) is 23.8. The Morgan fingerprint density at radius 2 is 1.65 bits per heavy atom. The zero-order chi connectivity index (χ0) is 47.0. The lowest BCUT2D eigenvalue weighted by Gasteiger charge is -2.48. The Bertz CT molecular complexity index is 1850. The molecule has 1 amide bonds. The van der Waals surface area contributed by atoms with E-state index in [9.17, 15) is 19.8 Å². The van der Waals surface area contributed by atoms with Crippen molar-refractivity contribution in [3.05, 3.63) is 59.3 Å². The van der Waals surface area contributed by atoms with E-state index in [2.05, 4.69) is 45.2 Å². The van der Waals surface area contributed by atoms with E-state index in [1.807, 2.05) is 39.0 Å². The first-order chi connectivity index (χ1) is 30.9. The second kappa shape index (κ2) is 20.8. The minimum absolute atomic E-state index is 0.0270. The summed E-state index contributed by atoms with van der Waals surface area (Å²) in [4.78, 5) is 26.3. The summed E-state index contributed by atoms with van der Waals surface area (Å²) in [5.41, 5.74) is 0.116. The number of nitrogens with one attached hydrogen (secondary N) is 1. The van der Waals surface area contributed by atoms with Crippen molar-refractivity contribution in [2.45, 2.75) is 198 Å². The molecule has 15 nitrogen and oxygen atoms in total. The SMILES string of the molecule is CC[C@H](C)[C@H]1O[C@]2(C=C[C@@H]1C)C[C@H]1C[C@@H](C/C=C(\C)[C@@H](O[C@H]3C[C@H](OC)[C@@H](O[C@H]4C[C@H](OC)[C@@H](NC(C)=O)[C@H](C)O4)[C@H](C)O3)[C@@H](C)/C=C/C=C3\CO[C@@H]4[C@H](O)C(C)=C[C@@H](C(=O)O1)[C@]34O)O2. The van der Waals surface area contributed by atoms with Crippen molar-refractivity contribution in [2.75, 3.05) is 20.8 Å². The third-order valence-corrected chi connectivity index (χ3v) is 14.9. The highest BCUT2D eigenvalue weighted by Gasteiger charge is 2.60. The van der Waals surface area contributed by atoms with Gasteiger partial charge in [-0.25, -0.2) is 0 Å². The highest BCUT2D eigenvalue weighted by Crippen LogP contribution is 2.47. The summed E-state index contributed by atoms with van der Waals surface area (Å²) in [5.74, 6) is -2.75. The van der Waals surface area contributed by atoms with Crippen LogP contribution in [0.4, 0.5) is 0 Å². The number of amides is 1. The van der Waals surface area contributed by atoms with Crippen LogP contribution in [0.3, 0.4) is 0 Å². The molecule has 0 radical (unpaired) electrons. The molecule has 3 N–H and O–H groups in total. The summed E-state index contributed by atoms with van der Waals surface area (Å²) >= 11 is 0. The van der Waals surface area contributed by atoms with Gasteiger partial charge >= 0.3 is 5.97 Å². The van der Waals surface area contributed by atoms with E-state index in [0.29, 0.717) is 36.8 Å². The Labute approximate surface area is 385 Å². The molecule has 7 rings (SSSR count).